The lowest BCUT2D eigenvalue weighted by Crippen LogP contribution is -2.61. The summed E-state index contributed by atoms with van der Waals surface area (Å²) in [4.78, 5) is 25.5. The fourth-order valence-electron chi connectivity index (χ4n) is 4.92. The van der Waals surface area contributed by atoms with Crippen LogP contribution in [0.5, 0.6) is 0 Å². The second kappa shape index (κ2) is 11.4. The number of rotatable bonds is 10. The number of carbonyl (C=O) groups excluding carboxylic acids is 2. The molecule has 9 nitrogen and oxygen atoms in total. The van der Waals surface area contributed by atoms with Crippen LogP contribution in [0.3, 0.4) is 0 Å². The number of aliphatic hydroxyl groups is 1. The first-order chi connectivity index (χ1) is 18.6. The normalized spacial score (nSPS) is 16.0. The molecule has 0 radical (unpaired) electrons. The highest BCUT2D eigenvalue weighted by Crippen LogP contribution is 2.41. The van der Waals surface area contributed by atoms with Crippen molar-refractivity contribution in [1.82, 2.24) is 4.72 Å². The Morgan fingerprint density at radius 2 is 1.90 bits per heavy atom. The molecule has 2 atom stereocenters. The van der Waals surface area contributed by atoms with Crippen LogP contribution >= 0.6 is 0 Å². The number of aliphatic hydroxyl groups excluding tert-OH is 1. The van der Waals surface area contributed by atoms with Crippen LogP contribution in [0.1, 0.15) is 38.2 Å². The van der Waals surface area contributed by atoms with Crippen molar-refractivity contribution < 1.29 is 45.8 Å². The van der Waals surface area contributed by atoms with Crippen molar-refractivity contribution in [1.29, 1.82) is 0 Å². The first-order valence-corrected chi connectivity index (χ1v) is 13.8. The van der Waals surface area contributed by atoms with Gasteiger partial charge >= 0.3 is 18.1 Å². The Bertz CT molecular complexity index is 1470. The van der Waals surface area contributed by atoms with Gasteiger partial charge in [-0.15, -0.1) is 0 Å². The molecule has 0 bridgehead atoms. The Labute approximate surface area is 229 Å². The van der Waals surface area contributed by atoms with Crippen LogP contribution in [0.25, 0.3) is 6.08 Å². The van der Waals surface area contributed by atoms with Crippen molar-refractivity contribution >= 4 is 33.7 Å². The number of esters is 2. The molecule has 0 saturated carbocycles. The fraction of sp³-hybridized carbons (Fsp3) is 0.333. The summed E-state index contributed by atoms with van der Waals surface area (Å²) in [6.45, 7) is 5.43. The van der Waals surface area contributed by atoms with Crippen LogP contribution in [0.2, 0.25) is 0 Å². The molecule has 3 rings (SSSR count). The van der Waals surface area contributed by atoms with Gasteiger partial charge in [0.25, 0.3) is 0 Å². The number of allylic oxidation sites excluding steroid dienone is 1. The Kier molecular flexibility index (Phi) is 8.82. The van der Waals surface area contributed by atoms with Gasteiger partial charge in [-0.1, -0.05) is 49.1 Å². The number of alkyl halides is 3. The SMILES string of the molecule is C=Cc1c(C)c2c(c(NC)c1C/C=C(\C(O)C(NS(C)(=O)=O)(C(=O)OC)c1ccccc1)C(F)(F)F)C(=O)OC2. The van der Waals surface area contributed by atoms with Crippen molar-refractivity contribution in [3.63, 3.8) is 0 Å². The molecule has 40 heavy (non-hydrogen) atoms. The Hall–Kier alpha value is -3.68. The molecule has 0 amide bonds. The van der Waals surface area contributed by atoms with Gasteiger partial charge < -0.3 is 19.9 Å². The van der Waals surface area contributed by atoms with Crippen LogP contribution in [0.4, 0.5) is 18.9 Å². The zero-order valence-corrected chi connectivity index (χ0v) is 23.0. The largest absolute Gasteiger partial charge is 0.467 e. The Morgan fingerprint density at radius 3 is 2.40 bits per heavy atom. The average Bonchev–Trinajstić information content (AvgIpc) is 3.27. The molecule has 13 heteroatoms. The third-order valence-electron chi connectivity index (χ3n) is 6.68. The number of methoxy groups -OCH3 is 1. The summed E-state index contributed by atoms with van der Waals surface area (Å²) in [6.07, 6.45) is -5.80. The Morgan fingerprint density at radius 1 is 1.27 bits per heavy atom. The molecule has 2 aromatic carbocycles. The van der Waals surface area contributed by atoms with E-state index in [1.165, 1.54) is 43.5 Å². The van der Waals surface area contributed by atoms with Crippen molar-refractivity contribution in [3.05, 3.63) is 81.9 Å². The summed E-state index contributed by atoms with van der Waals surface area (Å²) < 4.78 is 80.2. The van der Waals surface area contributed by atoms with Gasteiger partial charge in [0, 0.05) is 12.6 Å². The smallest absolute Gasteiger partial charge is 0.414 e. The molecule has 1 aliphatic heterocycles. The summed E-state index contributed by atoms with van der Waals surface area (Å²) >= 11 is 0. The molecule has 0 aromatic heterocycles. The number of fused-ring (bicyclic) bond motifs is 1. The first kappa shape index (κ1) is 30.9. The van der Waals surface area contributed by atoms with E-state index in [0.717, 1.165) is 7.11 Å². The Balaban J connectivity index is 2.31. The van der Waals surface area contributed by atoms with Crippen LogP contribution in [0, 0.1) is 6.92 Å². The fourth-order valence-corrected chi connectivity index (χ4v) is 5.82. The predicted octanol–water partition coefficient (Wildman–Crippen LogP) is 3.36. The van der Waals surface area contributed by atoms with E-state index < -0.39 is 51.8 Å². The number of anilines is 1. The molecule has 0 aliphatic carbocycles. The third kappa shape index (κ3) is 5.62. The number of benzene rings is 2. The minimum absolute atomic E-state index is 0.00591. The molecule has 0 fully saturated rings. The molecule has 1 aliphatic rings. The van der Waals surface area contributed by atoms with Crippen molar-refractivity contribution in [3.8, 4) is 0 Å². The number of cyclic esters (lactones) is 1. The zero-order valence-electron chi connectivity index (χ0n) is 22.2. The minimum Gasteiger partial charge on any atom is -0.467 e. The molecule has 1 heterocycles. The van der Waals surface area contributed by atoms with Crippen molar-refractivity contribution in [2.45, 2.75) is 37.8 Å². The van der Waals surface area contributed by atoms with Gasteiger partial charge in [0.1, 0.15) is 12.7 Å². The number of nitrogens with one attached hydrogen (secondary N) is 2. The molecule has 2 unspecified atom stereocenters. The average molecular weight is 583 g/mol. The lowest BCUT2D eigenvalue weighted by molar-refractivity contribution is -0.156. The topological polar surface area (TPSA) is 131 Å². The summed E-state index contributed by atoms with van der Waals surface area (Å²) in [5.41, 5.74) is -2.54. The second-order valence-corrected chi connectivity index (χ2v) is 10.8. The van der Waals surface area contributed by atoms with E-state index in [4.69, 9.17) is 9.47 Å². The predicted molar refractivity (Wildman–Crippen MR) is 142 cm³/mol. The molecule has 3 N–H and O–H groups in total. The van der Waals surface area contributed by atoms with Gasteiger partial charge in [-0.3, -0.25) is 0 Å². The van der Waals surface area contributed by atoms with Crippen LogP contribution in [-0.2, 0) is 42.9 Å². The van der Waals surface area contributed by atoms with E-state index in [2.05, 4.69) is 11.9 Å². The van der Waals surface area contributed by atoms with Crippen LogP contribution in [-0.4, -0.2) is 58.2 Å². The van der Waals surface area contributed by atoms with Gasteiger partial charge in [0.05, 0.1) is 30.2 Å². The minimum atomic E-state index is -5.23. The maximum atomic E-state index is 14.6. The molecule has 0 spiro atoms. The number of carbonyl (C=O) groups is 2. The number of hydrogen-bond acceptors (Lipinski definition) is 8. The highest BCUT2D eigenvalue weighted by molar-refractivity contribution is 7.88. The van der Waals surface area contributed by atoms with Gasteiger partial charge in [-0.2, -0.15) is 17.9 Å². The van der Waals surface area contributed by atoms with Crippen molar-refractivity contribution in [2.75, 3.05) is 25.7 Å². The lowest BCUT2D eigenvalue weighted by Gasteiger charge is -2.37. The van der Waals surface area contributed by atoms with E-state index >= 15 is 0 Å². The summed E-state index contributed by atoms with van der Waals surface area (Å²) in [5.74, 6) is -2.11. The highest BCUT2D eigenvalue weighted by atomic mass is 32.2. The van der Waals surface area contributed by atoms with E-state index in [-0.39, 0.29) is 29.0 Å². The maximum absolute atomic E-state index is 14.6. The van der Waals surface area contributed by atoms with Gasteiger partial charge in [0.15, 0.2) is 5.54 Å². The third-order valence-corrected chi connectivity index (χ3v) is 7.38. The van der Waals surface area contributed by atoms with E-state index in [9.17, 15) is 36.3 Å². The van der Waals surface area contributed by atoms with Crippen molar-refractivity contribution in [2.24, 2.45) is 0 Å². The van der Waals surface area contributed by atoms with E-state index in [1.807, 2.05) is 4.72 Å². The summed E-state index contributed by atoms with van der Waals surface area (Å²) in [6, 6.07) is 6.61. The second-order valence-electron chi connectivity index (χ2n) is 9.08. The highest BCUT2D eigenvalue weighted by Gasteiger charge is 2.56. The maximum Gasteiger partial charge on any atom is 0.414 e. The molecule has 216 valence electrons. The molecule has 0 saturated heterocycles. The van der Waals surface area contributed by atoms with Crippen LogP contribution < -0.4 is 10.0 Å². The van der Waals surface area contributed by atoms with Gasteiger partial charge in [0.2, 0.25) is 10.0 Å². The lowest BCUT2D eigenvalue weighted by atomic mass is 9.80. The van der Waals surface area contributed by atoms with E-state index in [0.29, 0.717) is 29.0 Å². The first-order valence-electron chi connectivity index (χ1n) is 11.9. The summed E-state index contributed by atoms with van der Waals surface area (Å²) in [7, 11) is -2.05. The van der Waals surface area contributed by atoms with E-state index in [1.54, 1.807) is 6.92 Å². The zero-order chi connectivity index (χ0) is 30.0. The van der Waals surface area contributed by atoms with Gasteiger partial charge in [-0.05, 0) is 35.6 Å². The standard InChI is InChI=1S/C27H29F3N2O7S/c1-6-17-15(2)19-14-39-24(34)21(19)22(31-3)18(17)12-13-20(27(28,29)30)23(33)26(25(35)38-4,32-40(5,36)37)16-10-8-7-9-11-16/h6-11,13,23,31-33H,1,12,14H2,2-5H3/b20-13+. The molecular formula is C27H29F3N2O7S. The number of ether oxygens (including phenoxy) is 2. The van der Waals surface area contributed by atoms with Crippen LogP contribution in [0.15, 0.2) is 48.6 Å². The quantitative estimate of drug-likeness (QED) is 0.287. The monoisotopic (exact) mass is 582 g/mol. The number of hydrogen-bond donors (Lipinski definition) is 3. The number of halogens is 3. The summed E-state index contributed by atoms with van der Waals surface area (Å²) in [5, 5.41) is 14.2. The van der Waals surface area contributed by atoms with Gasteiger partial charge in [-0.25, -0.2) is 18.0 Å². The number of sulfonamides is 1. The molecular weight excluding hydrogens is 553 g/mol. The molecule has 2 aromatic rings.